The van der Waals surface area contributed by atoms with Gasteiger partial charge in [-0.2, -0.15) is 0 Å². The third-order valence-corrected chi connectivity index (χ3v) is 3.28. The minimum absolute atomic E-state index is 0.0233. The summed E-state index contributed by atoms with van der Waals surface area (Å²) in [7, 11) is 0. The van der Waals surface area contributed by atoms with Crippen molar-refractivity contribution in [2.75, 3.05) is 11.4 Å². The standard InChI is InChI=1S/C13H15N3O4/c14-12(17)2-1-7-15-11-5-4-10(16(19)20)8-9(11)3-6-13(15)18/h4-5,8H,1-3,6-7H2,(H2,14,17). The highest BCUT2D eigenvalue weighted by atomic mass is 16.6. The Hall–Kier alpha value is -2.44. The second kappa shape index (κ2) is 5.68. The average molecular weight is 277 g/mol. The van der Waals surface area contributed by atoms with Gasteiger partial charge in [-0.15, -0.1) is 0 Å². The van der Waals surface area contributed by atoms with Crippen molar-refractivity contribution in [1.82, 2.24) is 0 Å². The van der Waals surface area contributed by atoms with Crippen molar-refractivity contribution in [3.8, 4) is 0 Å². The number of fused-ring (bicyclic) bond motifs is 1. The normalized spacial score (nSPS) is 14.0. The van der Waals surface area contributed by atoms with Crippen molar-refractivity contribution in [3.05, 3.63) is 33.9 Å². The van der Waals surface area contributed by atoms with Crippen LogP contribution >= 0.6 is 0 Å². The number of rotatable bonds is 5. The number of nitro groups is 1. The van der Waals surface area contributed by atoms with E-state index in [0.29, 0.717) is 31.5 Å². The Morgan fingerprint density at radius 2 is 2.15 bits per heavy atom. The maximum Gasteiger partial charge on any atom is 0.269 e. The number of hydrogen-bond acceptors (Lipinski definition) is 4. The number of nitro benzene ring substituents is 1. The van der Waals surface area contributed by atoms with Crippen LogP contribution in [0.3, 0.4) is 0 Å². The molecule has 1 aromatic carbocycles. The highest BCUT2D eigenvalue weighted by molar-refractivity contribution is 5.96. The van der Waals surface area contributed by atoms with Gasteiger partial charge in [-0.1, -0.05) is 0 Å². The van der Waals surface area contributed by atoms with Crippen LogP contribution in [0.5, 0.6) is 0 Å². The predicted octanol–water partition coefficient (Wildman–Crippen LogP) is 1.14. The van der Waals surface area contributed by atoms with Crippen molar-refractivity contribution in [2.24, 2.45) is 5.73 Å². The largest absolute Gasteiger partial charge is 0.370 e. The highest BCUT2D eigenvalue weighted by Crippen LogP contribution is 2.31. The summed E-state index contributed by atoms with van der Waals surface area (Å²) < 4.78 is 0. The van der Waals surface area contributed by atoms with Gasteiger partial charge in [0.1, 0.15) is 0 Å². The first-order valence-electron chi connectivity index (χ1n) is 6.35. The van der Waals surface area contributed by atoms with E-state index < -0.39 is 10.8 Å². The first-order chi connectivity index (χ1) is 9.49. The third-order valence-electron chi connectivity index (χ3n) is 3.28. The minimum atomic E-state index is -0.450. The van der Waals surface area contributed by atoms with Crippen LogP contribution in [-0.2, 0) is 16.0 Å². The number of anilines is 1. The number of benzene rings is 1. The summed E-state index contributed by atoms with van der Waals surface area (Å²) in [5.74, 6) is -0.436. The Morgan fingerprint density at radius 1 is 1.40 bits per heavy atom. The molecule has 106 valence electrons. The van der Waals surface area contributed by atoms with Crippen LogP contribution in [0.25, 0.3) is 0 Å². The zero-order chi connectivity index (χ0) is 14.7. The molecule has 0 fully saturated rings. The highest BCUT2D eigenvalue weighted by Gasteiger charge is 2.25. The molecule has 2 N–H and O–H groups in total. The number of carbonyl (C=O) groups excluding carboxylic acids is 2. The second-order valence-corrected chi connectivity index (χ2v) is 4.69. The Bertz CT molecular complexity index is 571. The van der Waals surface area contributed by atoms with E-state index in [4.69, 9.17) is 5.73 Å². The van der Waals surface area contributed by atoms with E-state index in [0.717, 1.165) is 5.56 Å². The number of nitrogens with zero attached hydrogens (tertiary/aromatic N) is 2. The number of nitrogens with two attached hydrogens (primary N) is 1. The molecule has 2 amide bonds. The fourth-order valence-corrected chi connectivity index (χ4v) is 2.32. The molecule has 0 bridgehead atoms. The smallest absolute Gasteiger partial charge is 0.269 e. The van der Waals surface area contributed by atoms with E-state index in [9.17, 15) is 19.7 Å². The molecule has 0 saturated heterocycles. The second-order valence-electron chi connectivity index (χ2n) is 4.69. The Morgan fingerprint density at radius 3 is 2.80 bits per heavy atom. The fraction of sp³-hybridized carbons (Fsp3) is 0.385. The Labute approximate surface area is 115 Å². The minimum Gasteiger partial charge on any atom is -0.370 e. The van der Waals surface area contributed by atoms with Crippen LogP contribution in [0.4, 0.5) is 11.4 Å². The summed E-state index contributed by atoms with van der Waals surface area (Å²) in [6.07, 6.45) is 1.52. The van der Waals surface area contributed by atoms with Gasteiger partial charge in [-0.05, 0) is 24.5 Å². The van der Waals surface area contributed by atoms with Crippen LogP contribution in [0.15, 0.2) is 18.2 Å². The SMILES string of the molecule is NC(=O)CCCN1C(=O)CCc2cc([N+](=O)[O-])ccc21. The van der Waals surface area contributed by atoms with Crippen LogP contribution in [0.2, 0.25) is 0 Å². The summed E-state index contributed by atoms with van der Waals surface area (Å²) in [6.45, 7) is 0.395. The van der Waals surface area contributed by atoms with Crippen LogP contribution in [0.1, 0.15) is 24.8 Å². The zero-order valence-corrected chi connectivity index (χ0v) is 10.9. The molecule has 1 heterocycles. The summed E-state index contributed by atoms with van der Waals surface area (Å²) >= 11 is 0. The zero-order valence-electron chi connectivity index (χ0n) is 10.9. The molecule has 7 nitrogen and oxygen atoms in total. The molecule has 1 aliphatic rings. The number of primary amides is 1. The van der Waals surface area contributed by atoms with E-state index in [1.165, 1.54) is 12.1 Å². The first-order valence-corrected chi connectivity index (χ1v) is 6.35. The van der Waals surface area contributed by atoms with Gasteiger partial charge in [-0.3, -0.25) is 19.7 Å². The predicted molar refractivity (Wildman–Crippen MR) is 72.2 cm³/mol. The molecule has 7 heteroatoms. The molecule has 0 radical (unpaired) electrons. The molecular formula is C13H15N3O4. The average Bonchev–Trinajstić information content (AvgIpc) is 2.40. The molecule has 2 rings (SSSR count). The maximum absolute atomic E-state index is 11.9. The summed E-state index contributed by atoms with van der Waals surface area (Å²) in [5, 5.41) is 10.8. The van der Waals surface area contributed by atoms with Gasteiger partial charge in [0, 0.05) is 37.2 Å². The van der Waals surface area contributed by atoms with Crippen LogP contribution < -0.4 is 10.6 Å². The van der Waals surface area contributed by atoms with Gasteiger partial charge in [-0.25, -0.2) is 0 Å². The molecule has 0 saturated carbocycles. The van der Waals surface area contributed by atoms with Gasteiger partial charge in [0.2, 0.25) is 11.8 Å². The molecule has 20 heavy (non-hydrogen) atoms. The quantitative estimate of drug-likeness (QED) is 0.643. The molecule has 1 aromatic rings. The van der Waals surface area contributed by atoms with Gasteiger partial charge >= 0.3 is 0 Å². The Balaban J connectivity index is 2.20. The number of aryl methyl sites for hydroxylation is 1. The molecular weight excluding hydrogens is 262 g/mol. The number of carbonyl (C=O) groups is 2. The van der Waals surface area contributed by atoms with Gasteiger partial charge in [0.05, 0.1) is 4.92 Å². The molecule has 0 spiro atoms. The van der Waals surface area contributed by atoms with Crippen molar-refractivity contribution < 1.29 is 14.5 Å². The van der Waals surface area contributed by atoms with Crippen molar-refractivity contribution in [3.63, 3.8) is 0 Å². The number of amides is 2. The lowest BCUT2D eigenvalue weighted by atomic mass is 10.00. The Kier molecular flexibility index (Phi) is 3.97. The third kappa shape index (κ3) is 2.93. The molecule has 1 aliphatic heterocycles. The van der Waals surface area contributed by atoms with Gasteiger partial charge in [0.15, 0.2) is 0 Å². The summed E-state index contributed by atoms with van der Waals surface area (Å²) in [5.41, 5.74) is 6.58. The topological polar surface area (TPSA) is 107 Å². The molecule has 0 aromatic heterocycles. The fourth-order valence-electron chi connectivity index (χ4n) is 2.32. The molecule has 0 atom stereocenters. The monoisotopic (exact) mass is 277 g/mol. The maximum atomic E-state index is 11.9. The van der Waals surface area contributed by atoms with Gasteiger partial charge < -0.3 is 10.6 Å². The summed E-state index contributed by atoms with van der Waals surface area (Å²) in [4.78, 5) is 34.5. The molecule has 0 unspecified atom stereocenters. The van der Waals surface area contributed by atoms with Gasteiger partial charge in [0.25, 0.3) is 5.69 Å². The van der Waals surface area contributed by atoms with Crippen molar-refractivity contribution >= 4 is 23.2 Å². The van der Waals surface area contributed by atoms with E-state index in [1.54, 1.807) is 11.0 Å². The lowest BCUT2D eigenvalue weighted by Gasteiger charge is -2.29. The summed E-state index contributed by atoms with van der Waals surface area (Å²) in [6, 6.07) is 4.48. The number of hydrogen-bond donors (Lipinski definition) is 1. The van der Waals surface area contributed by atoms with E-state index in [-0.39, 0.29) is 18.0 Å². The van der Waals surface area contributed by atoms with Crippen molar-refractivity contribution in [2.45, 2.75) is 25.7 Å². The van der Waals surface area contributed by atoms with Crippen LogP contribution in [0, 0.1) is 10.1 Å². The van der Waals surface area contributed by atoms with Crippen molar-refractivity contribution in [1.29, 1.82) is 0 Å². The first kappa shape index (κ1) is 14.0. The van der Waals surface area contributed by atoms with E-state index >= 15 is 0 Å². The molecule has 0 aliphatic carbocycles. The lowest BCUT2D eigenvalue weighted by Crippen LogP contribution is -2.36. The van der Waals surface area contributed by atoms with E-state index in [1.807, 2.05) is 0 Å². The number of non-ortho nitro benzene ring substituents is 1. The lowest BCUT2D eigenvalue weighted by molar-refractivity contribution is -0.384. The van der Waals surface area contributed by atoms with E-state index in [2.05, 4.69) is 0 Å². The van der Waals surface area contributed by atoms with Crippen LogP contribution in [-0.4, -0.2) is 23.3 Å².